The largest absolute Gasteiger partial charge is 0.354 e. The van der Waals surface area contributed by atoms with Gasteiger partial charge in [0.1, 0.15) is 0 Å². The van der Waals surface area contributed by atoms with E-state index in [1.807, 2.05) is 39.8 Å². The van der Waals surface area contributed by atoms with Crippen LogP contribution in [0.15, 0.2) is 18.2 Å². The lowest BCUT2D eigenvalue weighted by atomic mass is 10.1. The van der Waals surface area contributed by atoms with Crippen molar-refractivity contribution in [3.63, 3.8) is 0 Å². The molecule has 1 aromatic carbocycles. The van der Waals surface area contributed by atoms with E-state index in [1.165, 1.54) is 0 Å². The van der Waals surface area contributed by atoms with Crippen LogP contribution in [0, 0.1) is 19.8 Å². The molecular formula is C16H22N2O2. The highest BCUT2D eigenvalue weighted by Gasteiger charge is 2.35. The van der Waals surface area contributed by atoms with E-state index in [0.717, 1.165) is 16.8 Å². The van der Waals surface area contributed by atoms with Crippen molar-refractivity contribution >= 4 is 17.5 Å². The Morgan fingerprint density at radius 3 is 2.40 bits per heavy atom. The fourth-order valence-electron chi connectivity index (χ4n) is 2.64. The van der Waals surface area contributed by atoms with Crippen LogP contribution in [0.5, 0.6) is 0 Å². The van der Waals surface area contributed by atoms with Crippen LogP contribution in [0.2, 0.25) is 0 Å². The molecule has 1 unspecified atom stereocenters. The van der Waals surface area contributed by atoms with Crippen LogP contribution in [0.1, 0.15) is 31.4 Å². The van der Waals surface area contributed by atoms with Crippen LogP contribution in [0.25, 0.3) is 0 Å². The highest BCUT2D eigenvalue weighted by Crippen LogP contribution is 2.27. The quantitative estimate of drug-likeness (QED) is 0.918. The number of anilines is 1. The summed E-state index contributed by atoms with van der Waals surface area (Å²) in [6.45, 7) is 8.35. The van der Waals surface area contributed by atoms with Crippen molar-refractivity contribution in [1.29, 1.82) is 0 Å². The van der Waals surface area contributed by atoms with Gasteiger partial charge < -0.3 is 10.2 Å². The maximum Gasteiger partial charge on any atom is 0.227 e. The minimum absolute atomic E-state index is 0.0268. The maximum absolute atomic E-state index is 12.1. The van der Waals surface area contributed by atoms with Gasteiger partial charge in [-0.15, -0.1) is 0 Å². The van der Waals surface area contributed by atoms with Gasteiger partial charge in [-0.1, -0.05) is 6.07 Å². The average Bonchev–Trinajstić information content (AvgIpc) is 2.69. The number of carbonyl (C=O) groups excluding carboxylic acids is 2. The highest BCUT2D eigenvalue weighted by molar-refractivity contribution is 6.00. The van der Waals surface area contributed by atoms with Crippen molar-refractivity contribution in [1.82, 2.24) is 5.32 Å². The summed E-state index contributed by atoms with van der Waals surface area (Å²) in [7, 11) is 0. The number of hydrogen-bond acceptors (Lipinski definition) is 2. The summed E-state index contributed by atoms with van der Waals surface area (Å²) >= 11 is 0. The highest BCUT2D eigenvalue weighted by atomic mass is 16.2. The number of nitrogens with zero attached hydrogens (tertiary/aromatic N) is 1. The average molecular weight is 274 g/mol. The van der Waals surface area contributed by atoms with Crippen molar-refractivity contribution < 1.29 is 9.59 Å². The first-order chi connectivity index (χ1) is 9.36. The van der Waals surface area contributed by atoms with Crippen LogP contribution in [0.4, 0.5) is 5.69 Å². The second kappa shape index (κ2) is 5.65. The van der Waals surface area contributed by atoms with E-state index in [2.05, 4.69) is 11.4 Å². The SMILES string of the molecule is Cc1cc(C)cc(N2CC(C(=O)NC(C)C)CC2=O)c1. The van der Waals surface area contributed by atoms with Crippen molar-refractivity contribution in [2.75, 3.05) is 11.4 Å². The Hall–Kier alpha value is -1.84. The number of nitrogens with one attached hydrogen (secondary N) is 1. The van der Waals surface area contributed by atoms with Gasteiger partial charge in [-0.2, -0.15) is 0 Å². The number of rotatable bonds is 3. The van der Waals surface area contributed by atoms with Gasteiger partial charge in [0, 0.05) is 24.7 Å². The maximum atomic E-state index is 12.1. The third-order valence-corrected chi connectivity index (χ3v) is 3.44. The molecule has 1 heterocycles. The molecule has 1 atom stereocenters. The minimum atomic E-state index is -0.245. The Kier molecular flexibility index (Phi) is 4.12. The molecule has 1 N–H and O–H groups in total. The Morgan fingerprint density at radius 1 is 1.25 bits per heavy atom. The molecule has 108 valence electrons. The molecule has 1 aliphatic rings. The molecule has 4 heteroatoms. The third-order valence-electron chi connectivity index (χ3n) is 3.44. The first-order valence-corrected chi connectivity index (χ1v) is 7.06. The third kappa shape index (κ3) is 3.18. The molecule has 1 aliphatic heterocycles. The molecular weight excluding hydrogens is 252 g/mol. The first kappa shape index (κ1) is 14.6. The Morgan fingerprint density at radius 2 is 1.85 bits per heavy atom. The van der Waals surface area contributed by atoms with E-state index < -0.39 is 0 Å². The zero-order chi connectivity index (χ0) is 14.9. The van der Waals surface area contributed by atoms with Crippen LogP contribution in [0.3, 0.4) is 0 Å². The lowest BCUT2D eigenvalue weighted by Crippen LogP contribution is -2.36. The van der Waals surface area contributed by atoms with E-state index in [0.29, 0.717) is 13.0 Å². The predicted molar refractivity (Wildman–Crippen MR) is 79.7 cm³/mol. The van der Waals surface area contributed by atoms with Gasteiger partial charge in [0.25, 0.3) is 0 Å². The molecule has 1 saturated heterocycles. The van der Waals surface area contributed by atoms with Gasteiger partial charge in [-0.05, 0) is 51.0 Å². The fraction of sp³-hybridized carbons (Fsp3) is 0.500. The monoisotopic (exact) mass is 274 g/mol. The molecule has 0 spiro atoms. The summed E-state index contributed by atoms with van der Waals surface area (Å²) in [6.07, 6.45) is 0.297. The molecule has 0 aromatic heterocycles. The van der Waals surface area contributed by atoms with Crippen molar-refractivity contribution in [2.24, 2.45) is 5.92 Å². The van der Waals surface area contributed by atoms with E-state index in [-0.39, 0.29) is 23.8 Å². The normalized spacial score (nSPS) is 18.8. The molecule has 0 saturated carbocycles. The van der Waals surface area contributed by atoms with Crippen LogP contribution < -0.4 is 10.2 Å². The van der Waals surface area contributed by atoms with Gasteiger partial charge in [0.15, 0.2) is 0 Å². The fourth-order valence-corrected chi connectivity index (χ4v) is 2.64. The lowest BCUT2D eigenvalue weighted by molar-refractivity contribution is -0.126. The zero-order valence-electron chi connectivity index (χ0n) is 12.6. The van der Waals surface area contributed by atoms with Gasteiger partial charge >= 0.3 is 0 Å². The topological polar surface area (TPSA) is 49.4 Å². The Bertz CT molecular complexity index is 517. The second-order valence-electron chi connectivity index (χ2n) is 5.91. The molecule has 20 heavy (non-hydrogen) atoms. The number of amides is 2. The number of benzene rings is 1. The number of carbonyl (C=O) groups is 2. The molecule has 1 fully saturated rings. The Balaban J connectivity index is 2.15. The van der Waals surface area contributed by atoms with Crippen LogP contribution in [-0.2, 0) is 9.59 Å². The lowest BCUT2D eigenvalue weighted by Gasteiger charge is -2.18. The van der Waals surface area contributed by atoms with Gasteiger partial charge in [-0.25, -0.2) is 0 Å². The van der Waals surface area contributed by atoms with Gasteiger partial charge in [-0.3, -0.25) is 9.59 Å². The van der Waals surface area contributed by atoms with E-state index in [4.69, 9.17) is 0 Å². The molecule has 2 amide bonds. The van der Waals surface area contributed by atoms with E-state index in [9.17, 15) is 9.59 Å². The summed E-state index contributed by atoms with van der Waals surface area (Å²) < 4.78 is 0. The van der Waals surface area contributed by atoms with Gasteiger partial charge in [0.2, 0.25) is 11.8 Å². The Labute approximate surface area is 120 Å². The smallest absolute Gasteiger partial charge is 0.227 e. The molecule has 0 aliphatic carbocycles. The zero-order valence-corrected chi connectivity index (χ0v) is 12.6. The number of hydrogen-bond donors (Lipinski definition) is 1. The van der Waals surface area contributed by atoms with Crippen LogP contribution in [-0.4, -0.2) is 24.4 Å². The number of aryl methyl sites for hydroxylation is 2. The standard InChI is InChI=1S/C16H22N2O2/c1-10(2)17-16(20)13-8-15(19)18(9-13)14-6-11(3)5-12(4)7-14/h5-7,10,13H,8-9H2,1-4H3,(H,17,20). The summed E-state index contributed by atoms with van der Waals surface area (Å²) in [5, 5.41) is 2.88. The molecule has 2 rings (SSSR count). The van der Waals surface area contributed by atoms with Crippen molar-refractivity contribution in [2.45, 2.75) is 40.2 Å². The van der Waals surface area contributed by atoms with E-state index >= 15 is 0 Å². The summed E-state index contributed by atoms with van der Waals surface area (Å²) in [4.78, 5) is 25.9. The molecule has 0 radical (unpaired) electrons. The molecule has 0 bridgehead atoms. The predicted octanol–water partition coefficient (Wildman–Crippen LogP) is 2.18. The minimum Gasteiger partial charge on any atom is -0.354 e. The summed E-state index contributed by atoms with van der Waals surface area (Å²) in [5.41, 5.74) is 3.15. The second-order valence-corrected chi connectivity index (χ2v) is 5.91. The van der Waals surface area contributed by atoms with Crippen molar-refractivity contribution in [3.8, 4) is 0 Å². The van der Waals surface area contributed by atoms with Gasteiger partial charge in [0.05, 0.1) is 5.92 Å². The van der Waals surface area contributed by atoms with Crippen LogP contribution >= 0.6 is 0 Å². The summed E-state index contributed by atoms with van der Waals surface area (Å²) in [5.74, 6) is -0.246. The molecule has 4 nitrogen and oxygen atoms in total. The molecule has 1 aromatic rings. The first-order valence-electron chi connectivity index (χ1n) is 7.06. The summed E-state index contributed by atoms with van der Waals surface area (Å²) in [6, 6.07) is 6.17. The van der Waals surface area contributed by atoms with E-state index in [1.54, 1.807) is 4.90 Å². The van der Waals surface area contributed by atoms with Crippen molar-refractivity contribution in [3.05, 3.63) is 29.3 Å².